The first-order chi connectivity index (χ1) is 7.67. The lowest BCUT2D eigenvalue weighted by Crippen LogP contribution is -2.20. The Hall–Kier alpha value is -1.23. The summed E-state index contributed by atoms with van der Waals surface area (Å²) in [4.78, 5) is 11.4. The van der Waals surface area contributed by atoms with Gasteiger partial charge in [-0.05, 0) is 24.3 Å². The highest BCUT2D eigenvalue weighted by Gasteiger charge is 2.17. The SMILES string of the molecule is CCC(CSc1ccc(OC)cc1)[N+](=O)[O-]. The van der Waals surface area contributed by atoms with Crippen molar-refractivity contribution in [3.63, 3.8) is 0 Å². The summed E-state index contributed by atoms with van der Waals surface area (Å²) in [5, 5.41) is 10.6. The predicted octanol–water partition coefficient (Wildman–Crippen LogP) is 2.84. The van der Waals surface area contributed by atoms with Crippen molar-refractivity contribution < 1.29 is 9.66 Å². The van der Waals surface area contributed by atoms with Crippen LogP contribution in [0, 0.1) is 10.1 Å². The van der Waals surface area contributed by atoms with Crippen molar-refractivity contribution in [1.29, 1.82) is 0 Å². The van der Waals surface area contributed by atoms with E-state index in [0.29, 0.717) is 12.2 Å². The Bertz CT molecular complexity index is 340. The summed E-state index contributed by atoms with van der Waals surface area (Å²) in [7, 11) is 1.61. The van der Waals surface area contributed by atoms with Crippen molar-refractivity contribution in [3.05, 3.63) is 34.4 Å². The fourth-order valence-electron chi connectivity index (χ4n) is 1.19. The molecule has 0 aromatic heterocycles. The van der Waals surface area contributed by atoms with Crippen LogP contribution in [0.5, 0.6) is 5.75 Å². The van der Waals surface area contributed by atoms with Gasteiger partial charge in [-0.3, -0.25) is 10.1 Å². The molecule has 0 fully saturated rings. The molecular formula is C11H15NO3S. The number of hydrogen-bond acceptors (Lipinski definition) is 4. The fraction of sp³-hybridized carbons (Fsp3) is 0.455. The maximum absolute atomic E-state index is 10.6. The lowest BCUT2D eigenvalue weighted by Gasteiger charge is -2.07. The Kier molecular flexibility index (Phi) is 5.11. The van der Waals surface area contributed by atoms with Gasteiger partial charge < -0.3 is 4.74 Å². The van der Waals surface area contributed by atoms with E-state index in [1.165, 1.54) is 11.8 Å². The van der Waals surface area contributed by atoms with Gasteiger partial charge in [0, 0.05) is 16.2 Å². The molecule has 4 nitrogen and oxygen atoms in total. The first-order valence-electron chi connectivity index (χ1n) is 5.07. The molecular weight excluding hydrogens is 226 g/mol. The Morgan fingerprint density at radius 1 is 1.44 bits per heavy atom. The molecule has 0 aliphatic heterocycles. The standard InChI is InChI=1S/C11H15NO3S/c1-3-9(12(13)14)8-16-11-6-4-10(15-2)5-7-11/h4-7,9H,3,8H2,1-2H3. The first kappa shape index (κ1) is 12.8. The smallest absolute Gasteiger partial charge is 0.222 e. The van der Waals surface area contributed by atoms with Crippen molar-refractivity contribution in [3.8, 4) is 5.75 Å². The van der Waals surface area contributed by atoms with Gasteiger partial charge >= 0.3 is 0 Å². The van der Waals surface area contributed by atoms with Crippen molar-refractivity contribution in [2.45, 2.75) is 24.3 Å². The normalized spacial score (nSPS) is 12.1. The number of nitro groups is 1. The third kappa shape index (κ3) is 3.73. The van der Waals surface area contributed by atoms with E-state index in [4.69, 9.17) is 4.74 Å². The Morgan fingerprint density at radius 2 is 2.06 bits per heavy atom. The van der Waals surface area contributed by atoms with E-state index < -0.39 is 6.04 Å². The average Bonchev–Trinajstić information content (AvgIpc) is 2.30. The van der Waals surface area contributed by atoms with Gasteiger partial charge in [0.1, 0.15) is 5.75 Å². The van der Waals surface area contributed by atoms with E-state index in [-0.39, 0.29) is 4.92 Å². The minimum Gasteiger partial charge on any atom is -0.497 e. The largest absolute Gasteiger partial charge is 0.497 e. The molecule has 0 saturated heterocycles. The monoisotopic (exact) mass is 241 g/mol. The van der Waals surface area contributed by atoms with E-state index in [9.17, 15) is 10.1 Å². The highest BCUT2D eigenvalue weighted by molar-refractivity contribution is 7.99. The van der Waals surface area contributed by atoms with Crippen molar-refractivity contribution in [2.75, 3.05) is 12.9 Å². The maximum Gasteiger partial charge on any atom is 0.222 e. The number of hydrogen-bond donors (Lipinski definition) is 0. The van der Waals surface area contributed by atoms with Crippen molar-refractivity contribution in [2.24, 2.45) is 0 Å². The molecule has 88 valence electrons. The van der Waals surface area contributed by atoms with Crippen LogP contribution < -0.4 is 4.74 Å². The highest BCUT2D eigenvalue weighted by atomic mass is 32.2. The van der Waals surface area contributed by atoms with Gasteiger partial charge in [0.25, 0.3) is 0 Å². The van der Waals surface area contributed by atoms with Crippen LogP contribution in [0.1, 0.15) is 13.3 Å². The zero-order valence-electron chi connectivity index (χ0n) is 9.38. The summed E-state index contributed by atoms with van der Waals surface area (Å²) in [5.74, 6) is 1.31. The van der Waals surface area contributed by atoms with E-state index in [1.807, 2.05) is 31.2 Å². The zero-order chi connectivity index (χ0) is 12.0. The Labute approximate surface area is 99.1 Å². The third-order valence-electron chi connectivity index (χ3n) is 2.27. The minimum atomic E-state index is -0.466. The number of ether oxygens (including phenoxy) is 1. The Morgan fingerprint density at radius 3 is 2.50 bits per heavy atom. The molecule has 1 aromatic carbocycles. The van der Waals surface area contributed by atoms with Crippen molar-refractivity contribution >= 4 is 11.8 Å². The van der Waals surface area contributed by atoms with Crippen LogP contribution in [0.15, 0.2) is 29.2 Å². The quantitative estimate of drug-likeness (QED) is 0.436. The molecule has 0 aliphatic carbocycles. The second-order valence-electron chi connectivity index (χ2n) is 3.33. The van der Waals surface area contributed by atoms with Gasteiger partial charge in [-0.1, -0.05) is 6.92 Å². The first-order valence-corrected chi connectivity index (χ1v) is 6.06. The lowest BCUT2D eigenvalue weighted by atomic mass is 10.3. The second kappa shape index (κ2) is 6.37. The molecule has 0 bridgehead atoms. The predicted molar refractivity (Wildman–Crippen MR) is 64.8 cm³/mol. The fourth-order valence-corrected chi connectivity index (χ4v) is 2.26. The molecule has 16 heavy (non-hydrogen) atoms. The third-order valence-corrected chi connectivity index (χ3v) is 3.43. The second-order valence-corrected chi connectivity index (χ2v) is 4.43. The van der Waals surface area contributed by atoms with E-state index in [2.05, 4.69) is 0 Å². The molecule has 1 rings (SSSR count). The highest BCUT2D eigenvalue weighted by Crippen LogP contribution is 2.22. The van der Waals surface area contributed by atoms with Crippen LogP contribution in [0.25, 0.3) is 0 Å². The number of thioether (sulfide) groups is 1. The van der Waals surface area contributed by atoms with Gasteiger partial charge in [0.05, 0.1) is 12.9 Å². The molecule has 0 radical (unpaired) electrons. The summed E-state index contributed by atoms with van der Waals surface area (Å²) in [5.41, 5.74) is 0. The molecule has 0 heterocycles. The molecule has 0 spiro atoms. The van der Waals surface area contributed by atoms with Gasteiger partial charge in [-0.25, -0.2) is 0 Å². The Balaban J connectivity index is 2.50. The summed E-state index contributed by atoms with van der Waals surface area (Å²) in [6.45, 7) is 1.84. The molecule has 1 atom stereocenters. The van der Waals surface area contributed by atoms with Gasteiger partial charge in [-0.2, -0.15) is 0 Å². The molecule has 1 aromatic rings. The van der Waals surface area contributed by atoms with Gasteiger partial charge in [-0.15, -0.1) is 11.8 Å². The molecule has 0 amide bonds. The van der Waals surface area contributed by atoms with Crippen molar-refractivity contribution in [1.82, 2.24) is 0 Å². The summed E-state index contributed by atoms with van der Waals surface area (Å²) >= 11 is 1.50. The molecule has 0 aliphatic rings. The maximum atomic E-state index is 10.6. The summed E-state index contributed by atoms with van der Waals surface area (Å²) < 4.78 is 5.04. The number of methoxy groups -OCH3 is 1. The molecule has 0 N–H and O–H groups in total. The summed E-state index contributed by atoms with van der Waals surface area (Å²) in [6.07, 6.45) is 0.566. The topological polar surface area (TPSA) is 52.4 Å². The van der Waals surface area contributed by atoms with Crippen LogP contribution in [-0.2, 0) is 0 Å². The van der Waals surface area contributed by atoms with Crippen LogP contribution in [0.4, 0.5) is 0 Å². The van der Waals surface area contributed by atoms with Gasteiger partial charge in [0.2, 0.25) is 6.04 Å². The molecule has 5 heteroatoms. The zero-order valence-corrected chi connectivity index (χ0v) is 10.2. The average molecular weight is 241 g/mol. The number of rotatable bonds is 6. The van der Waals surface area contributed by atoms with Crippen LogP contribution in [0.3, 0.4) is 0 Å². The van der Waals surface area contributed by atoms with Crippen LogP contribution in [-0.4, -0.2) is 23.8 Å². The van der Waals surface area contributed by atoms with Crippen LogP contribution in [0.2, 0.25) is 0 Å². The van der Waals surface area contributed by atoms with Crippen LogP contribution >= 0.6 is 11.8 Å². The van der Waals surface area contributed by atoms with Gasteiger partial charge in [0.15, 0.2) is 0 Å². The van der Waals surface area contributed by atoms with E-state index in [1.54, 1.807) is 7.11 Å². The van der Waals surface area contributed by atoms with E-state index in [0.717, 1.165) is 10.6 Å². The number of nitrogens with zero attached hydrogens (tertiary/aromatic N) is 1. The minimum absolute atomic E-state index is 0.212. The molecule has 1 unspecified atom stereocenters. The van der Waals surface area contributed by atoms with E-state index >= 15 is 0 Å². The molecule has 0 saturated carbocycles. The summed E-state index contributed by atoms with van der Waals surface area (Å²) in [6, 6.07) is 7.07. The lowest BCUT2D eigenvalue weighted by molar-refractivity contribution is -0.516. The number of benzene rings is 1.